The maximum absolute atomic E-state index is 13.3. The fourth-order valence-corrected chi connectivity index (χ4v) is 3.01. The molecule has 1 aromatic carbocycles. The summed E-state index contributed by atoms with van der Waals surface area (Å²) in [6.45, 7) is 1.40. The second-order valence-corrected chi connectivity index (χ2v) is 5.79. The first-order chi connectivity index (χ1) is 9.13. The summed E-state index contributed by atoms with van der Waals surface area (Å²) in [5, 5.41) is 0. The second kappa shape index (κ2) is 4.60. The number of anilines is 1. The van der Waals surface area contributed by atoms with Gasteiger partial charge in [0.25, 0.3) is 0 Å². The van der Waals surface area contributed by atoms with E-state index in [4.69, 9.17) is 5.73 Å². The van der Waals surface area contributed by atoms with Gasteiger partial charge in [-0.05, 0) is 61.4 Å². The number of fused-ring (bicyclic) bond motifs is 1. The van der Waals surface area contributed by atoms with Crippen molar-refractivity contribution in [2.45, 2.75) is 32.1 Å². The van der Waals surface area contributed by atoms with Crippen LogP contribution in [0.2, 0.25) is 0 Å². The third kappa shape index (κ3) is 2.37. The molecule has 1 fully saturated rings. The van der Waals surface area contributed by atoms with Crippen LogP contribution in [0.25, 0.3) is 0 Å². The third-order valence-corrected chi connectivity index (χ3v) is 4.37. The topological polar surface area (TPSA) is 46.3 Å². The zero-order valence-corrected chi connectivity index (χ0v) is 11.0. The quantitative estimate of drug-likeness (QED) is 0.904. The number of hydrogen-bond acceptors (Lipinski definition) is 2. The minimum atomic E-state index is -0.226. The summed E-state index contributed by atoms with van der Waals surface area (Å²) in [7, 11) is 0. The standard InChI is InChI=1S/C15H19FN2O/c16-12-2-3-13-11(9-12)1-4-14(19)18(13)10-15(5-6-15)7-8-17/h2-3,9H,1,4-8,10,17H2. The predicted octanol–water partition coefficient (Wildman–Crippen LogP) is 2.23. The lowest BCUT2D eigenvalue weighted by atomic mass is 9.96. The van der Waals surface area contributed by atoms with Crippen LogP contribution >= 0.6 is 0 Å². The summed E-state index contributed by atoms with van der Waals surface area (Å²) in [6, 6.07) is 4.73. The van der Waals surface area contributed by atoms with E-state index in [0.29, 0.717) is 19.4 Å². The Morgan fingerprint density at radius 1 is 1.32 bits per heavy atom. The van der Waals surface area contributed by atoms with Gasteiger partial charge in [0.2, 0.25) is 5.91 Å². The van der Waals surface area contributed by atoms with Gasteiger partial charge in [0.15, 0.2) is 0 Å². The average Bonchev–Trinajstić information content (AvgIpc) is 3.13. The molecule has 0 unspecified atom stereocenters. The number of nitrogens with two attached hydrogens (primary N) is 1. The number of rotatable bonds is 4. The van der Waals surface area contributed by atoms with Crippen molar-refractivity contribution in [3.8, 4) is 0 Å². The van der Waals surface area contributed by atoms with Crippen LogP contribution in [0.15, 0.2) is 18.2 Å². The molecule has 1 amide bonds. The van der Waals surface area contributed by atoms with Gasteiger partial charge in [-0.2, -0.15) is 0 Å². The highest BCUT2D eigenvalue weighted by molar-refractivity contribution is 5.96. The van der Waals surface area contributed by atoms with E-state index in [-0.39, 0.29) is 17.1 Å². The zero-order chi connectivity index (χ0) is 13.5. The predicted molar refractivity (Wildman–Crippen MR) is 72.4 cm³/mol. The van der Waals surface area contributed by atoms with E-state index in [1.54, 1.807) is 12.1 Å². The summed E-state index contributed by atoms with van der Waals surface area (Å²) in [5.74, 6) is -0.0708. The molecular formula is C15H19FN2O. The second-order valence-electron chi connectivity index (χ2n) is 5.79. The van der Waals surface area contributed by atoms with Gasteiger partial charge in [0.1, 0.15) is 5.82 Å². The van der Waals surface area contributed by atoms with Gasteiger partial charge in [0, 0.05) is 18.7 Å². The molecule has 3 rings (SSSR count). The van der Waals surface area contributed by atoms with E-state index >= 15 is 0 Å². The van der Waals surface area contributed by atoms with Crippen LogP contribution in [0, 0.1) is 11.2 Å². The van der Waals surface area contributed by atoms with E-state index < -0.39 is 0 Å². The molecule has 102 valence electrons. The number of benzene rings is 1. The molecule has 1 aromatic rings. The van der Waals surface area contributed by atoms with Crippen LogP contribution in [-0.2, 0) is 11.2 Å². The highest BCUT2D eigenvalue weighted by Crippen LogP contribution is 2.50. The lowest BCUT2D eigenvalue weighted by molar-refractivity contribution is -0.119. The highest BCUT2D eigenvalue weighted by Gasteiger charge is 2.44. The Morgan fingerprint density at radius 2 is 2.11 bits per heavy atom. The number of nitrogens with zero attached hydrogens (tertiary/aromatic N) is 1. The molecule has 2 aliphatic rings. The van der Waals surface area contributed by atoms with E-state index in [2.05, 4.69) is 0 Å². The molecule has 0 bridgehead atoms. The third-order valence-electron chi connectivity index (χ3n) is 4.37. The SMILES string of the molecule is NCCC1(CN2C(=O)CCc3cc(F)ccc32)CC1. The van der Waals surface area contributed by atoms with Crippen molar-refractivity contribution in [1.82, 2.24) is 0 Å². The van der Waals surface area contributed by atoms with Crippen molar-refractivity contribution < 1.29 is 9.18 Å². The zero-order valence-electron chi connectivity index (χ0n) is 11.0. The van der Waals surface area contributed by atoms with Crippen molar-refractivity contribution in [3.63, 3.8) is 0 Å². The smallest absolute Gasteiger partial charge is 0.227 e. The van der Waals surface area contributed by atoms with E-state index in [1.807, 2.05) is 4.90 Å². The molecule has 19 heavy (non-hydrogen) atoms. The van der Waals surface area contributed by atoms with Crippen LogP contribution in [-0.4, -0.2) is 19.0 Å². The van der Waals surface area contributed by atoms with E-state index in [1.165, 1.54) is 6.07 Å². The molecule has 1 saturated carbocycles. The summed E-state index contributed by atoms with van der Waals surface area (Å²) >= 11 is 0. The molecule has 0 saturated heterocycles. The number of aryl methyl sites for hydroxylation is 1. The van der Waals surface area contributed by atoms with Crippen LogP contribution in [0.1, 0.15) is 31.2 Å². The molecule has 2 N–H and O–H groups in total. The van der Waals surface area contributed by atoms with Crippen LogP contribution in [0.3, 0.4) is 0 Å². The van der Waals surface area contributed by atoms with Gasteiger partial charge in [-0.3, -0.25) is 4.79 Å². The first-order valence-electron chi connectivity index (χ1n) is 6.92. The average molecular weight is 262 g/mol. The Hall–Kier alpha value is -1.42. The minimum Gasteiger partial charge on any atom is -0.330 e. The van der Waals surface area contributed by atoms with E-state index in [0.717, 1.165) is 37.1 Å². The number of carbonyl (C=O) groups excluding carboxylic acids is 1. The lowest BCUT2D eigenvalue weighted by Crippen LogP contribution is -2.40. The fraction of sp³-hybridized carbons (Fsp3) is 0.533. The number of amides is 1. The molecule has 0 atom stereocenters. The highest BCUT2D eigenvalue weighted by atomic mass is 19.1. The van der Waals surface area contributed by atoms with Gasteiger partial charge in [-0.25, -0.2) is 4.39 Å². The van der Waals surface area contributed by atoms with Crippen molar-refractivity contribution in [3.05, 3.63) is 29.6 Å². The van der Waals surface area contributed by atoms with E-state index in [9.17, 15) is 9.18 Å². The van der Waals surface area contributed by atoms with Crippen molar-refractivity contribution in [1.29, 1.82) is 0 Å². The summed E-state index contributed by atoms with van der Waals surface area (Å²) in [4.78, 5) is 14.0. The van der Waals surface area contributed by atoms with Crippen molar-refractivity contribution in [2.75, 3.05) is 18.0 Å². The molecule has 1 aliphatic carbocycles. The molecule has 3 nitrogen and oxygen atoms in total. The van der Waals surface area contributed by atoms with Crippen LogP contribution in [0.5, 0.6) is 0 Å². The van der Waals surface area contributed by atoms with Crippen molar-refractivity contribution in [2.24, 2.45) is 11.1 Å². The maximum Gasteiger partial charge on any atom is 0.227 e. The Bertz CT molecular complexity index is 511. The van der Waals surface area contributed by atoms with Crippen molar-refractivity contribution >= 4 is 11.6 Å². The Balaban J connectivity index is 1.87. The summed E-state index contributed by atoms with van der Waals surface area (Å²) < 4.78 is 13.3. The maximum atomic E-state index is 13.3. The Morgan fingerprint density at radius 3 is 2.79 bits per heavy atom. The Labute approximate surface area is 112 Å². The van der Waals surface area contributed by atoms with Gasteiger partial charge in [-0.15, -0.1) is 0 Å². The van der Waals surface area contributed by atoms with Crippen LogP contribution < -0.4 is 10.6 Å². The molecule has 4 heteroatoms. The summed E-state index contributed by atoms with van der Waals surface area (Å²) in [6.07, 6.45) is 4.38. The normalized spacial score (nSPS) is 20.3. The van der Waals surface area contributed by atoms with Crippen LogP contribution in [0.4, 0.5) is 10.1 Å². The van der Waals surface area contributed by atoms with Gasteiger partial charge >= 0.3 is 0 Å². The molecular weight excluding hydrogens is 243 g/mol. The number of carbonyl (C=O) groups is 1. The summed E-state index contributed by atoms with van der Waals surface area (Å²) in [5.41, 5.74) is 7.71. The van der Waals surface area contributed by atoms with Gasteiger partial charge < -0.3 is 10.6 Å². The fourth-order valence-electron chi connectivity index (χ4n) is 3.01. The minimum absolute atomic E-state index is 0.155. The van der Waals surface area contributed by atoms with Gasteiger partial charge in [-0.1, -0.05) is 0 Å². The number of hydrogen-bond donors (Lipinski definition) is 1. The monoisotopic (exact) mass is 262 g/mol. The first kappa shape index (κ1) is 12.6. The Kier molecular flexibility index (Phi) is 3.05. The lowest BCUT2D eigenvalue weighted by Gasteiger charge is -2.32. The first-order valence-corrected chi connectivity index (χ1v) is 6.92. The molecule has 0 radical (unpaired) electrons. The number of halogens is 1. The van der Waals surface area contributed by atoms with Gasteiger partial charge in [0.05, 0.1) is 0 Å². The molecule has 1 aliphatic heterocycles. The molecule has 0 spiro atoms. The molecule has 0 aromatic heterocycles. The largest absolute Gasteiger partial charge is 0.330 e. The molecule has 1 heterocycles.